The number of rotatable bonds is 5. The summed E-state index contributed by atoms with van der Waals surface area (Å²) in [6.07, 6.45) is 3.38. The van der Waals surface area contributed by atoms with Gasteiger partial charge in [-0.2, -0.15) is 4.99 Å². The molecule has 0 bridgehead atoms. The number of benzene rings is 2. The standard InChI is InChI=1S/C20H19ClN6/c21-18-17-19(23-13-22-17)26-20(25-18)24-14-27(11-15-7-3-1-4-8-15)12-16-9-5-2-6-10-16/h1-10,13-14,18H,11-12H2,(H,22,23)(H,25,26). The first-order chi connectivity index (χ1) is 13.3. The van der Waals surface area contributed by atoms with Crippen LogP contribution in [0.4, 0.5) is 5.82 Å². The lowest BCUT2D eigenvalue weighted by Crippen LogP contribution is -2.29. The predicted octanol–water partition coefficient (Wildman–Crippen LogP) is 3.97. The van der Waals surface area contributed by atoms with Crippen molar-refractivity contribution in [2.45, 2.75) is 18.6 Å². The van der Waals surface area contributed by atoms with Gasteiger partial charge in [0.1, 0.15) is 5.69 Å². The van der Waals surface area contributed by atoms with Gasteiger partial charge in [-0.15, -0.1) is 0 Å². The second-order valence-electron chi connectivity index (χ2n) is 6.20. The van der Waals surface area contributed by atoms with Crippen molar-refractivity contribution < 1.29 is 0 Å². The first-order valence-electron chi connectivity index (χ1n) is 8.66. The van der Waals surface area contributed by atoms with Gasteiger partial charge in [0.2, 0.25) is 5.96 Å². The van der Waals surface area contributed by atoms with Crippen molar-refractivity contribution in [1.29, 1.82) is 0 Å². The molecule has 0 radical (unpaired) electrons. The van der Waals surface area contributed by atoms with E-state index in [4.69, 9.17) is 11.6 Å². The molecule has 7 heteroatoms. The Labute approximate surface area is 162 Å². The number of H-pyrrole nitrogens is 1. The second kappa shape index (κ2) is 8.05. The molecular weight excluding hydrogens is 360 g/mol. The summed E-state index contributed by atoms with van der Waals surface area (Å²) in [4.78, 5) is 18.2. The van der Waals surface area contributed by atoms with E-state index in [1.165, 1.54) is 11.1 Å². The van der Waals surface area contributed by atoms with E-state index in [1.54, 1.807) is 12.7 Å². The van der Waals surface area contributed by atoms with E-state index in [9.17, 15) is 0 Å². The van der Waals surface area contributed by atoms with Crippen molar-refractivity contribution in [3.8, 4) is 0 Å². The Bertz CT molecular complexity index is 894. The lowest BCUT2D eigenvalue weighted by atomic mass is 10.2. The van der Waals surface area contributed by atoms with Crippen LogP contribution >= 0.6 is 11.6 Å². The number of hydrogen-bond donors (Lipinski definition) is 2. The average molecular weight is 379 g/mol. The van der Waals surface area contributed by atoms with Crippen LogP contribution in [0.2, 0.25) is 0 Å². The molecule has 2 aromatic carbocycles. The van der Waals surface area contributed by atoms with Crippen molar-refractivity contribution in [1.82, 2.24) is 20.2 Å². The van der Waals surface area contributed by atoms with Gasteiger partial charge in [-0.25, -0.2) is 9.98 Å². The third-order valence-corrected chi connectivity index (χ3v) is 4.48. The fourth-order valence-electron chi connectivity index (χ4n) is 2.87. The van der Waals surface area contributed by atoms with Crippen LogP contribution in [0.15, 0.2) is 77.0 Å². The predicted molar refractivity (Wildman–Crippen MR) is 108 cm³/mol. The maximum Gasteiger partial charge on any atom is 0.227 e. The molecule has 1 unspecified atom stereocenters. The molecule has 1 aromatic heterocycles. The molecule has 0 aliphatic carbocycles. The lowest BCUT2D eigenvalue weighted by molar-refractivity contribution is 0.419. The Hall–Kier alpha value is -3.12. The van der Waals surface area contributed by atoms with Crippen LogP contribution in [0.3, 0.4) is 0 Å². The van der Waals surface area contributed by atoms with Crippen molar-refractivity contribution in [2.75, 3.05) is 0 Å². The highest BCUT2D eigenvalue weighted by molar-refractivity contribution is 6.22. The number of aromatic amines is 1. The van der Waals surface area contributed by atoms with Crippen LogP contribution in [0, 0.1) is 0 Å². The SMILES string of the molecule is ClC1NC(N=CN(Cc2ccccc2)Cc2ccccc2)=Nc2[nH]cnc21. The minimum Gasteiger partial charge on any atom is -0.354 e. The number of alkyl halides is 1. The maximum atomic E-state index is 6.30. The summed E-state index contributed by atoms with van der Waals surface area (Å²) in [5, 5.41) is 3.05. The summed E-state index contributed by atoms with van der Waals surface area (Å²) in [7, 11) is 0. The van der Waals surface area contributed by atoms with Gasteiger partial charge in [0.05, 0.1) is 12.7 Å². The molecule has 0 amide bonds. The Morgan fingerprint density at radius 1 is 1.00 bits per heavy atom. The van der Waals surface area contributed by atoms with Gasteiger partial charge in [0, 0.05) is 13.1 Å². The summed E-state index contributed by atoms with van der Waals surface area (Å²) < 4.78 is 0. The van der Waals surface area contributed by atoms with E-state index in [2.05, 4.69) is 54.4 Å². The molecular formula is C20H19ClN6. The molecule has 3 aromatic rings. The molecule has 4 rings (SSSR count). The number of nitrogens with one attached hydrogen (secondary N) is 2. The van der Waals surface area contributed by atoms with E-state index in [1.807, 2.05) is 36.4 Å². The van der Waals surface area contributed by atoms with Crippen LogP contribution in [0.25, 0.3) is 0 Å². The monoisotopic (exact) mass is 378 g/mol. The molecule has 1 atom stereocenters. The molecule has 2 N–H and O–H groups in total. The number of fused-ring (bicyclic) bond motifs is 1. The van der Waals surface area contributed by atoms with Crippen LogP contribution in [0.1, 0.15) is 22.3 Å². The lowest BCUT2D eigenvalue weighted by Gasteiger charge is -2.21. The van der Waals surface area contributed by atoms with Gasteiger partial charge < -0.3 is 15.2 Å². The summed E-state index contributed by atoms with van der Waals surface area (Å²) in [5.41, 5.74) is 2.66. The van der Waals surface area contributed by atoms with Crippen LogP contribution < -0.4 is 5.32 Å². The summed E-state index contributed by atoms with van der Waals surface area (Å²) in [6.45, 7) is 1.48. The van der Waals surface area contributed by atoms with Gasteiger partial charge in [-0.1, -0.05) is 72.3 Å². The summed E-state index contributed by atoms with van der Waals surface area (Å²) in [6, 6.07) is 20.6. The molecule has 0 saturated carbocycles. The van der Waals surface area contributed by atoms with Crippen LogP contribution in [0.5, 0.6) is 0 Å². The average Bonchev–Trinajstić information content (AvgIpc) is 3.17. The third-order valence-electron chi connectivity index (χ3n) is 4.16. The molecule has 1 aliphatic rings. The molecule has 136 valence electrons. The van der Waals surface area contributed by atoms with Gasteiger partial charge in [-0.05, 0) is 11.1 Å². The van der Waals surface area contributed by atoms with Gasteiger partial charge in [0.15, 0.2) is 11.3 Å². The van der Waals surface area contributed by atoms with Crippen molar-refractivity contribution >= 4 is 29.7 Å². The van der Waals surface area contributed by atoms with E-state index in [0.717, 1.165) is 13.1 Å². The third kappa shape index (κ3) is 4.35. The molecule has 0 saturated heterocycles. The number of halogens is 1. The fraction of sp³-hybridized carbons (Fsp3) is 0.150. The minimum absolute atomic E-state index is 0.451. The van der Waals surface area contributed by atoms with Crippen molar-refractivity contribution in [2.24, 2.45) is 9.98 Å². The molecule has 27 heavy (non-hydrogen) atoms. The highest BCUT2D eigenvalue weighted by Crippen LogP contribution is 2.28. The number of aromatic nitrogens is 2. The van der Waals surface area contributed by atoms with Gasteiger partial charge in [-0.3, -0.25) is 0 Å². The van der Waals surface area contributed by atoms with Gasteiger partial charge >= 0.3 is 0 Å². The van der Waals surface area contributed by atoms with E-state index in [-0.39, 0.29) is 0 Å². The van der Waals surface area contributed by atoms with Crippen LogP contribution in [-0.4, -0.2) is 27.2 Å². The van der Waals surface area contributed by atoms with Crippen molar-refractivity contribution in [3.05, 3.63) is 83.8 Å². The largest absolute Gasteiger partial charge is 0.354 e. The molecule has 0 fully saturated rings. The second-order valence-corrected chi connectivity index (χ2v) is 6.64. The molecule has 2 heterocycles. The maximum absolute atomic E-state index is 6.30. The number of aliphatic imine (C=N–C) groups is 2. The van der Waals surface area contributed by atoms with Crippen molar-refractivity contribution in [3.63, 3.8) is 0 Å². The highest BCUT2D eigenvalue weighted by atomic mass is 35.5. The quantitative estimate of drug-likeness (QED) is 0.305. The Morgan fingerprint density at radius 3 is 2.26 bits per heavy atom. The Kier molecular flexibility index (Phi) is 5.16. The molecule has 1 aliphatic heterocycles. The number of hydrogen-bond acceptors (Lipinski definition) is 4. The zero-order valence-corrected chi connectivity index (χ0v) is 15.3. The zero-order chi connectivity index (χ0) is 18.5. The minimum atomic E-state index is -0.451. The van der Waals surface area contributed by atoms with Crippen LogP contribution in [-0.2, 0) is 13.1 Å². The Balaban J connectivity index is 1.54. The normalized spacial score (nSPS) is 15.9. The number of imidazole rings is 1. The number of nitrogens with zero attached hydrogens (tertiary/aromatic N) is 4. The highest BCUT2D eigenvalue weighted by Gasteiger charge is 2.21. The summed E-state index contributed by atoms with van der Waals surface area (Å²) >= 11 is 6.30. The number of guanidine groups is 1. The van der Waals surface area contributed by atoms with E-state index >= 15 is 0 Å². The summed E-state index contributed by atoms with van der Waals surface area (Å²) in [5.74, 6) is 1.09. The first-order valence-corrected chi connectivity index (χ1v) is 9.10. The smallest absolute Gasteiger partial charge is 0.227 e. The first kappa shape index (κ1) is 17.3. The topological polar surface area (TPSA) is 68.7 Å². The molecule has 6 nitrogen and oxygen atoms in total. The fourth-order valence-corrected chi connectivity index (χ4v) is 3.13. The van der Waals surface area contributed by atoms with Gasteiger partial charge in [0.25, 0.3) is 0 Å². The van der Waals surface area contributed by atoms with E-state index < -0.39 is 5.50 Å². The molecule has 0 spiro atoms. The zero-order valence-electron chi connectivity index (χ0n) is 14.6. The Morgan fingerprint density at radius 2 is 1.63 bits per heavy atom. The van der Waals surface area contributed by atoms with E-state index in [0.29, 0.717) is 17.5 Å².